The molecule has 1 rings (SSSR count). The van der Waals surface area contributed by atoms with E-state index in [0.29, 0.717) is 6.20 Å². The van der Waals surface area contributed by atoms with E-state index in [1.807, 2.05) is 0 Å². The molecule has 0 spiro atoms. The van der Waals surface area contributed by atoms with E-state index in [2.05, 4.69) is 14.5 Å². The quantitative estimate of drug-likeness (QED) is 0.336. The van der Waals surface area contributed by atoms with Crippen LogP contribution in [0.25, 0.3) is 0 Å². The standard InChI is InChI=1S/C12H11F3N2O6/c1-3-23-11(19)8(18)4-6-7(17(20)21)5-16-10(22-2)9(6)12(13,14)15/h5H,3-4H2,1-2H3. The summed E-state index contributed by atoms with van der Waals surface area (Å²) in [6, 6.07) is 0. The molecule has 0 unspecified atom stereocenters. The normalized spacial score (nSPS) is 11.0. The van der Waals surface area contributed by atoms with Crippen LogP contribution >= 0.6 is 0 Å². The number of nitrogens with zero attached hydrogens (tertiary/aromatic N) is 2. The molecule has 0 bridgehead atoms. The van der Waals surface area contributed by atoms with Crippen molar-refractivity contribution in [3.8, 4) is 5.88 Å². The van der Waals surface area contributed by atoms with Gasteiger partial charge < -0.3 is 9.47 Å². The molecule has 0 aliphatic carbocycles. The maximum Gasteiger partial charge on any atom is 0.422 e. The number of ether oxygens (including phenoxy) is 2. The summed E-state index contributed by atoms with van der Waals surface area (Å²) in [7, 11) is 0.889. The summed E-state index contributed by atoms with van der Waals surface area (Å²) in [5.41, 5.74) is -3.63. The summed E-state index contributed by atoms with van der Waals surface area (Å²) in [6.07, 6.45) is -5.71. The van der Waals surface area contributed by atoms with Gasteiger partial charge in [-0.3, -0.25) is 14.9 Å². The third-order valence-electron chi connectivity index (χ3n) is 2.64. The summed E-state index contributed by atoms with van der Waals surface area (Å²) >= 11 is 0. The highest BCUT2D eigenvalue weighted by molar-refractivity contribution is 6.34. The molecule has 0 fully saturated rings. The monoisotopic (exact) mass is 336 g/mol. The number of carbonyl (C=O) groups is 2. The molecule has 0 amide bonds. The van der Waals surface area contributed by atoms with E-state index < -0.39 is 52.0 Å². The predicted octanol–water partition coefficient (Wildman–Crippen LogP) is 1.69. The maximum atomic E-state index is 13.2. The molecule has 1 heterocycles. The van der Waals surface area contributed by atoms with Gasteiger partial charge in [-0.15, -0.1) is 0 Å². The Labute approximate surface area is 127 Å². The topological polar surface area (TPSA) is 109 Å². The molecule has 11 heteroatoms. The number of hydrogen-bond acceptors (Lipinski definition) is 7. The van der Waals surface area contributed by atoms with Gasteiger partial charge in [-0.25, -0.2) is 9.78 Å². The van der Waals surface area contributed by atoms with Gasteiger partial charge in [0.25, 0.3) is 5.69 Å². The van der Waals surface area contributed by atoms with Crippen LogP contribution in [-0.4, -0.2) is 35.4 Å². The van der Waals surface area contributed by atoms with E-state index in [0.717, 1.165) is 7.11 Å². The third-order valence-corrected chi connectivity index (χ3v) is 2.64. The Bertz CT molecular complexity index is 644. The maximum absolute atomic E-state index is 13.2. The molecule has 0 aliphatic rings. The van der Waals surface area contributed by atoms with Crippen molar-refractivity contribution in [2.75, 3.05) is 13.7 Å². The summed E-state index contributed by atoms with van der Waals surface area (Å²) in [5, 5.41) is 10.9. The number of esters is 1. The highest BCUT2D eigenvalue weighted by atomic mass is 19.4. The van der Waals surface area contributed by atoms with E-state index in [4.69, 9.17) is 0 Å². The zero-order valence-corrected chi connectivity index (χ0v) is 12.0. The Kier molecular flexibility index (Phi) is 5.60. The fourth-order valence-corrected chi connectivity index (χ4v) is 1.75. The number of halogens is 3. The second-order valence-corrected chi connectivity index (χ2v) is 4.08. The molecule has 0 saturated carbocycles. The molecule has 1 aromatic rings. The first-order valence-electron chi connectivity index (χ1n) is 6.10. The van der Waals surface area contributed by atoms with Gasteiger partial charge >= 0.3 is 12.1 Å². The van der Waals surface area contributed by atoms with Crippen LogP contribution in [0.4, 0.5) is 18.9 Å². The number of aromatic nitrogens is 1. The van der Waals surface area contributed by atoms with Crippen molar-refractivity contribution in [3.63, 3.8) is 0 Å². The Morgan fingerprint density at radius 1 is 1.39 bits per heavy atom. The number of nitro groups is 1. The highest BCUT2D eigenvalue weighted by Gasteiger charge is 2.42. The average molecular weight is 336 g/mol. The van der Waals surface area contributed by atoms with E-state index in [-0.39, 0.29) is 6.61 Å². The molecule has 0 aliphatic heterocycles. The molecular weight excluding hydrogens is 325 g/mol. The molecule has 8 nitrogen and oxygen atoms in total. The van der Waals surface area contributed by atoms with E-state index in [9.17, 15) is 32.9 Å². The first-order chi connectivity index (χ1) is 10.6. The largest absolute Gasteiger partial charge is 0.481 e. The van der Waals surface area contributed by atoms with Gasteiger partial charge in [-0.05, 0) is 6.92 Å². The van der Waals surface area contributed by atoms with Crippen molar-refractivity contribution < 1.29 is 37.2 Å². The van der Waals surface area contributed by atoms with Crippen LogP contribution in [0.15, 0.2) is 6.20 Å². The Hall–Kier alpha value is -2.72. The lowest BCUT2D eigenvalue weighted by atomic mass is 10.0. The lowest BCUT2D eigenvalue weighted by molar-refractivity contribution is -0.386. The summed E-state index contributed by atoms with van der Waals surface area (Å²) in [5.74, 6) is -3.67. The second-order valence-electron chi connectivity index (χ2n) is 4.08. The van der Waals surface area contributed by atoms with Crippen LogP contribution in [0.5, 0.6) is 5.88 Å². The minimum atomic E-state index is -5.07. The molecule has 1 aromatic heterocycles. The van der Waals surface area contributed by atoms with Crippen molar-refractivity contribution in [3.05, 3.63) is 27.4 Å². The van der Waals surface area contributed by atoms with Gasteiger partial charge in [0, 0.05) is 0 Å². The Morgan fingerprint density at radius 2 is 2.00 bits per heavy atom. The molecule has 0 atom stereocenters. The molecule has 23 heavy (non-hydrogen) atoms. The number of pyridine rings is 1. The van der Waals surface area contributed by atoms with E-state index >= 15 is 0 Å². The molecule has 0 N–H and O–H groups in total. The minimum absolute atomic E-state index is 0.168. The SMILES string of the molecule is CCOC(=O)C(=O)Cc1c([N+](=O)[O-])cnc(OC)c1C(F)(F)F. The number of ketones is 1. The van der Waals surface area contributed by atoms with Gasteiger partial charge in [0.2, 0.25) is 11.7 Å². The zero-order valence-electron chi connectivity index (χ0n) is 12.0. The fraction of sp³-hybridized carbons (Fsp3) is 0.417. The van der Waals surface area contributed by atoms with Crippen LogP contribution in [0.2, 0.25) is 0 Å². The van der Waals surface area contributed by atoms with Gasteiger partial charge in [0.05, 0.1) is 30.6 Å². The van der Waals surface area contributed by atoms with Crippen molar-refractivity contribution in [1.29, 1.82) is 0 Å². The van der Waals surface area contributed by atoms with Crippen LogP contribution in [0.1, 0.15) is 18.1 Å². The van der Waals surface area contributed by atoms with Crippen molar-refractivity contribution in [1.82, 2.24) is 4.98 Å². The van der Waals surface area contributed by atoms with Crippen LogP contribution in [0.3, 0.4) is 0 Å². The number of Topliss-reactive ketones (excluding diaryl/α,β-unsaturated/α-hetero) is 1. The molecule has 126 valence electrons. The summed E-state index contributed by atoms with van der Waals surface area (Å²) < 4.78 is 48.3. The molecular formula is C12H11F3N2O6. The lowest BCUT2D eigenvalue weighted by Crippen LogP contribution is -2.23. The highest BCUT2D eigenvalue weighted by Crippen LogP contribution is 2.41. The number of hydrogen-bond donors (Lipinski definition) is 0. The van der Waals surface area contributed by atoms with Gasteiger partial charge in [0.15, 0.2) is 0 Å². The van der Waals surface area contributed by atoms with E-state index in [1.165, 1.54) is 6.92 Å². The summed E-state index contributed by atoms with van der Waals surface area (Å²) in [6.45, 7) is 1.22. The molecule has 0 aromatic carbocycles. The zero-order chi connectivity index (χ0) is 17.8. The second kappa shape index (κ2) is 7.03. The van der Waals surface area contributed by atoms with Gasteiger partial charge in [0.1, 0.15) is 11.8 Å². The number of alkyl halides is 3. The predicted molar refractivity (Wildman–Crippen MR) is 67.8 cm³/mol. The Morgan fingerprint density at radius 3 is 2.43 bits per heavy atom. The van der Waals surface area contributed by atoms with Gasteiger partial charge in [-0.1, -0.05) is 0 Å². The van der Waals surface area contributed by atoms with Crippen LogP contribution < -0.4 is 4.74 Å². The van der Waals surface area contributed by atoms with Crippen molar-refractivity contribution in [2.45, 2.75) is 19.5 Å². The van der Waals surface area contributed by atoms with Gasteiger partial charge in [-0.2, -0.15) is 13.2 Å². The number of rotatable bonds is 6. The van der Waals surface area contributed by atoms with Crippen molar-refractivity contribution >= 4 is 17.4 Å². The third kappa shape index (κ3) is 4.14. The molecule has 0 radical (unpaired) electrons. The molecule has 0 saturated heterocycles. The van der Waals surface area contributed by atoms with E-state index in [1.54, 1.807) is 0 Å². The summed E-state index contributed by atoms with van der Waals surface area (Å²) in [4.78, 5) is 35.9. The smallest absolute Gasteiger partial charge is 0.422 e. The average Bonchev–Trinajstić information content (AvgIpc) is 2.45. The van der Waals surface area contributed by atoms with Crippen LogP contribution in [-0.2, 0) is 26.9 Å². The van der Waals surface area contributed by atoms with Crippen molar-refractivity contribution in [2.24, 2.45) is 0 Å². The lowest BCUT2D eigenvalue weighted by Gasteiger charge is -2.15. The number of methoxy groups -OCH3 is 1. The van der Waals surface area contributed by atoms with Crippen LogP contribution in [0, 0.1) is 10.1 Å². The fourth-order valence-electron chi connectivity index (χ4n) is 1.75. The number of carbonyl (C=O) groups excluding carboxylic acids is 2. The first-order valence-corrected chi connectivity index (χ1v) is 6.10. The first kappa shape index (κ1) is 18.3. The minimum Gasteiger partial charge on any atom is -0.481 e. The Balaban J connectivity index is 3.49.